The van der Waals surface area contributed by atoms with E-state index in [1.165, 1.54) is 30.6 Å². The fourth-order valence-corrected chi connectivity index (χ4v) is 2.77. The van der Waals surface area contributed by atoms with Crippen LogP contribution in [0.1, 0.15) is 20.8 Å². The van der Waals surface area contributed by atoms with Gasteiger partial charge in [-0.25, -0.2) is 14.8 Å². The van der Waals surface area contributed by atoms with Gasteiger partial charge in [0, 0.05) is 23.5 Å². The highest BCUT2D eigenvalue weighted by atomic mass is 19.4. The number of carbonyl (C=O) groups is 1. The third kappa shape index (κ3) is 8.35. The average molecular weight is 479 g/mol. The number of anilines is 2. The van der Waals surface area contributed by atoms with Crippen LogP contribution in [0.2, 0.25) is 0 Å². The van der Waals surface area contributed by atoms with Crippen LogP contribution in [0.3, 0.4) is 0 Å². The van der Waals surface area contributed by atoms with Crippen molar-refractivity contribution < 1.29 is 32.2 Å². The molecule has 0 saturated heterocycles. The third-order valence-corrected chi connectivity index (χ3v) is 4.06. The molecule has 3 aromatic rings. The number of nitrogens with zero attached hydrogens (tertiary/aromatic N) is 4. The van der Waals surface area contributed by atoms with Crippen LogP contribution in [0.4, 0.5) is 24.7 Å². The molecule has 0 saturated carbocycles. The molecule has 0 aliphatic heterocycles. The second-order valence-corrected chi connectivity index (χ2v) is 8.12. The Labute approximate surface area is 193 Å². The first-order chi connectivity index (χ1) is 16.0. The number of aromatic nitrogens is 4. The lowest BCUT2D eigenvalue weighted by molar-refractivity contribution is -0.274. The molecule has 9 nitrogen and oxygen atoms in total. The molecule has 0 radical (unpaired) electrons. The van der Waals surface area contributed by atoms with Gasteiger partial charge in [0.1, 0.15) is 30.1 Å². The molecule has 3 rings (SSSR count). The predicted molar refractivity (Wildman–Crippen MR) is 116 cm³/mol. The van der Waals surface area contributed by atoms with Crippen LogP contribution in [-0.2, 0) is 20.8 Å². The van der Waals surface area contributed by atoms with Crippen LogP contribution >= 0.6 is 0 Å². The van der Waals surface area contributed by atoms with Gasteiger partial charge in [-0.2, -0.15) is 5.10 Å². The summed E-state index contributed by atoms with van der Waals surface area (Å²) >= 11 is 0. The van der Waals surface area contributed by atoms with Gasteiger partial charge in [0.05, 0.1) is 25.0 Å². The Morgan fingerprint density at radius 3 is 2.53 bits per heavy atom. The third-order valence-electron chi connectivity index (χ3n) is 4.06. The second kappa shape index (κ2) is 10.5. The van der Waals surface area contributed by atoms with Crippen molar-refractivity contribution in [3.05, 3.63) is 49.1 Å². The fourth-order valence-electron chi connectivity index (χ4n) is 2.77. The Balaban J connectivity index is 1.53. The highest BCUT2D eigenvalue weighted by molar-refractivity contribution is 5.71. The number of ether oxygens (including phenoxy) is 3. The number of hydrogen-bond acceptors (Lipinski definition) is 8. The molecule has 0 atom stereocenters. The number of carbonyl (C=O) groups excluding carboxylic acids is 1. The van der Waals surface area contributed by atoms with E-state index in [-0.39, 0.29) is 19.0 Å². The Morgan fingerprint density at radius 2 is 1.85 bits per heavy atom. The molecule has 0 spiro atoms. The minimum atomic E-state index is -4.74. The van der Waals surface area contributed by atoms with Crippen molar-refractivity contribution in [1.29, 1.82) is 0 Å². The van der Waals surface area contributed by atoms with Gasteiger partial charge in [-0.1, -0.05) is 0 Å². The minimum Gasteiger partial charge on any atom is -0.458 e. The molecule has 0 unspecified atom stereocenters. The van der Waals surface area contributed by atoms with Crippen molar-refractivity contribution in [2.24, 2.45) is 0 Å². The van der Waals surface area contributed by atoms with E-state index in [1.807, 2.05) is 0 Å². The molecule has 0 aliphatic rings. The zero-order valence-corrected chi connectivity index (χ0v) is 18.8. The lowest BCUT2D eigenvalue weighted by atomic mass is 10.2. The van der Waals surface area contributed by atoms with Crippen molar-refractivity contribution >= 4 is 17.5 Å². The first-order valence-corrected chi connectivity index (χ1v) is 10.2. The molecule has 0 fully saturated rings. The summed E-state index contributed by atoms with van der Waals surface area (Å²) in [6.45, 7) is 5.90. The van der Waals surface area contributed by atoms with Gasteiger partial charge in [-0.15, -0.1) is 13.2 Å². The first kappa shape index (κ1) is 25.0. The Kier molecular flexibility index (Phi) is 7.72. The van der Waals surface area contributed by atoms with Crippen molar-refractivity contribution in [3.8, 4) is 17.0 Å². The summed E-state index contributed by atoms with van der Waals surface area (Å²) in [5.74, 6) is -0.302. The van der Waals surface area contributed by atoms with Crippen LogP contribution < -0.4 is 10.1 Å². The molecule has 12 heteroatoms. The van der Waals surface area contributed by atoms with E-state index in [4.69, 9.17) is 9.47 Å². The number of esters is 1. The molecule has 1 aromatic carbocycles. The zero-order valence-electron chi connectivity index (χ0n) is 18.8. The number of nitrogens with one attached hydrogen (secondary N) is 1. The van der Waals surface area contributed by atoms with Crippen molar-refractivity contribution in [1.82, 2.24) is 19.7 Å². The standard InChI is InChI=1S/C22H24F3N5O4/c1-21(2,3)34-20(31)13-32-9-8-30-12-15(11-28-30)18-10-19(27-14-26-18)29-16-4-6-17(7-5-16)33-22(23,24)25/h4-7,10-12,14H,8-9,13H2,1-3H3,(H,26,27,29). The highest BCUT2D eigenvalue weighted by Crippen LogP contribution is 2.26. The van der Waals surface area contributed by atoms with Crippen molar-refractivity contribution in [2.45, 2.75) is 39.3 Å². The van der Waals surface area contributed by atoms with Crippen LogP contribution in [0.5, 0.6) is 5.75 Å². The van der Waals surface area contributed by atoms with E-state index < -0.39 is 17.9 Å². The quantitative estimate of drug-likeness (QED) is 0.357. The number of benzene rings is 1. The van der Waals surface area contributed by atoms with E-state index in [0.717, 1.165) is 5.56 Å². The Bertz CT molecular complexity index is 1090. The monoisotopic (exact) mass is 479 g/mol. The van der Waals surface area contributed by atoms with E-state index in [2.05, 4.69) is 25.1 Å². The Hall–Kier alpha value is -3.67. The smallest absolute Gasteiger partial charge is 0.458 e. The van der Waals surface area contributed by atoms with Crippen LogP contribution in [0, 0.1) is 0 Å². The number of hydrogen-bond donors (Lipinski definition) is 1. The maximum absolute atomic E-state index is 12.3. The maximum atomic E-state index is 12.3. The lowest BCUT2D eigenvalue weighted by Gasteiger charge is -2.19. The number of halogens is 3. The highest BCUT2D eigenvalue weighted by Gasteiger charge is 2.30. The van der Waals surface area contributed by atoms with E-state index in [9.17, 15) is 18.0 Å². The van der Waals surface area contributed by atoms with Gasteiger partial charge >= 0.3 is 12.3 Å². The number of rotatable bonds is 9. The van der Waals surface area contributed by atoms with Crippen LogP contribution in [0.15, 0.2) is 49.1 Å². The second-order valence-electron chi connectivity index (χ2n) is 8.12. The van der Waals surface area contributed by atoms with Gasteiger partial charge < -0.3 is 19.5 Å². The van der Waals surface area contributed by atoms with Crippen LogP contribution in [0.25, 0.3) is 11.3 Å². The molecule has 1 N–H and O–H groups in total. The number of alkyl halides is 3. The molecule has 0 aliphatic carbocycles. The van der Waals surface area contributed by atoms with Gasteiger partial charge in [-0.05, 0) is 45.0 Å². The minimum absolute atomic E-state index is 0.143. The van der Waals surface area contributed by atoms with E-state index in [1.54, 1.807) is 43.9 Å². The molecular formula is C22H24F3N5O4. The summed E-state index contributed by atoms with van der Waals surface area (Å²) in [6, 6.07) is 6.97. The van der Waals surface area contributed by atoms with Gasteiger partial charge in [0.2, 0.25) is 0 Å². The molecule has 34 heavy (non-hydrogen) atoms. The maximum Gasteiger partial charge on any atom is 0.573 e. The summed E-state index contributed by atoms with van der Waals surface area (Å²) < 4.78 is 52.9. The summed E-state index contributed by atoms with van der Waals surface area (Å²) in [5.41, 5.74) is 1.28. The molecule has 2 heterocycles. The molecule has 2 aromatic heterocycles. The molecular weight excluding hydrogens is 455 g/mol. The summed E-state index contributed by atoms with van der Waals surface area (Å²) in [4.78, 5) is 20.0. The van der Waals surface area contributed by atoms with Gasteiger partial charge in [0.25, 0.3) is 0 Å². The Morgan fingerprint density at radius 1 is 1.12 bits per heavy atom. The first-order valence-electron chi connectivity index (χ1n) is 10.2. The summed E-state index contributed by atoms with van der Waals surface area (Å²) in [6.07, 6.45) is 0.0146. The zero-order chi connectivity index (χ0) is 24.8. The lowest BCUT2D eigenvalue weighted by Crippen LogP contribution is -2.27. The normalized spacial score (nSPS) is 11.8. The summed E-state index contributed by atoms with van der Waals surface area (Å²) in [7, 11) is 0. The van der Waals surface area contributed by atoms with Gasteiger partial charge in [0.15, 0.2) is 0 Å². The predicted octanol–water partition coefficient (Wildman–Crippen LogP) is 4.34. The SMILES string of the molecule is CC(C)(C)OC(=O)COCCn1cc(-c2cc(Nc3ccc(OC(F)(F)F)cc3)ncn2)cn1. The average Bonchev–Trinajstić information content (AvgIpc) is 3.20. The molecule has 0 amide bonds. The molecule has 182 valence electrons. The largest absolute Gasteiger partial charge is 0.573 e. The topological polar surface area (TPSA) is 100 Å². The van der Waals surface area contributed by atoms with Crippen molar-refractivity contribution in [3.63, 3.8) is 0 Å². The molecule has 0 bridgehead atoms. The summed E-state index contributed by atoms with van der Waals surface area (Å²) in [5, 5.41) is 7.26. The fraction of sp³-hybridized carbons (Fsp3) is 0.364. The van der Waals surface area contributed by atoms with Gasteiger partial charge in [-0.3, -0.25) is 4.68 Å². The van der Waals surface area contributed by atoms with Crippen LogP contribution in [-0.4, -0.2) is 50.9 Å². The van der Waals surface area contributed by atoms with E-state index >= 15 is 0 Å². The van der Waals surface area contributed by atoms with Crippen molar-refractivity contribution in [2.75, 3.05) is 18.5 Å². The van der Waals surface area contributed by atoms with E-state index in [0.29, 0.717) is 23.7 Å².